The zero-order chi connectivity index (χ0) is 19.5. The number of hydrogen-bond acceptors (Lipinski definition) is 6. The van der Waals surface area contributed by atoms with E-state index in [9.17, 15) is 4.79 Å². The summed E-state index contributed by atoms with van der Waals surface area (Å²) in [7, 11) is 4.04. The molecule has 4 rings (SSSR count). The number of H-pyrrole nitrogens is 1. The molecule has 3 aromatic heterocycles. The Morgan fingerprint density at radius 1 is 1.07 bits per heavy atom. The lowest BCUT2D eigenvalue weighted by molar-refractivity contribution is 0.102. The van der Waals surface area contributed by atoms with Crippen LogP contribution in [0.15, 0.2) is 55.2 Å². The maximum atomic E-state index is 12.6. The van der Waals surface area contributed by atoms with E-state index >= 15 is 0 Å². The van der Waals surface area contributed by atoms with Crippen molar-refractivity contribution in [3.05, 3.63) is 66.5 Å². The molecule has 4 aromatic rings. The first-order valence-electron chi connectivity index (χ1n) is 8.74. The maximum Gasteiger partial charge on any atom is 0.277 e. The van der Waals surface area contributed by atoms with Gasteiger partial charge in [0.2, 0.25) is 0 Å². The first-order valence-corrected chi connectivity index (χ1v) is 8.74. The lowest BCUT2D eigenvalue weighted by atomic mass is 10.0. The Bertz CT molecular complexity index is 1120. The highest BCUT2D eigenvalue weighted by Gasteiger charge is 2.16. The number of aromatic nitrogens is 5. The van der Waals surface area contributed by atoms with Crippen molar-refractivity contribution in [1.82, 2.24) is 30.0 Å². The van der Waals surface area contributed by atoms with Gasteiger partial charge in [-0.1, -0.05) is 6.07 Å². The normalized spacial score (nSPS) is 11.1. The molecule has 0 spiro atoms. The Labute approximate surface area is 161 Å². The smallest absolute Gasteiger partial charge is 0.277 e. The molecular weight excluding hydrogens is 354 g/mol. The zero-order valence-electron chi connectivity index (χ0n) is 15.5. The van der Waals surface area contributed by atoms with E-state index in [0.29, 0.717) is 11.5 Å². The van der Waals surface area contributed by atoms with Gasteiger partial charge in [-0.3, -0.25) is 19.9 Å². The standard InChI is InChI=1S/C20H19N7O/c1-27(2)12-13-7-15(10-22-9-13)14-3-4-17-16(8-14)19(26-25-17)20(28)24-18-11-21-5-6-23-18/h3-11H,12H2,1-2H3,(H,25,26)(H,23,24,28). The molecule has 0 fully saturated rings. The number of nitrogens with one attached hydrogen (secondary N) is 2. The number of benzene rings is 1. The third-order valence-corrected chi connectivity index (χ3v) is 4.21. The van der Waals surface area contributed by atoms with Gasteiger partial charge in [0.1, 0.15) is 0 Å². The first kappa shape index (κ1) is 17.7. The molecule has 1 aromatic carbocycles. The third kappa shape index (κ3) is 3.72. The molecular formula is C20H19N7O. The van der Waals surface area contributed by atoms with Crippen LogP contribution in [-0.4, -0.2) is 50.1 Å². The largest absolute Gasteiger partial charge is 0.305 e. The van der Waals surface area contributed by atoms with Crippen molar-refractivity contribution in [1.29, 1.82) is 0 Å². The summed E-state index contributed by atoms with van der Waals surface area (Å²) in [6.07, 6.45) is 8.23. The van der Waals surface area contributed by atoms with Gasteiger partial charge in [0.15, 0.2) is 11.5 Å². The highest BCUT2D eigenvalue weighted by molar-refractivity contribution is 6.11. The van der Waals surface area contributed by atoms with Gasteiger partial charge in [-0.05, 0) is 43.4 Å². The summed E-state index contributed by atoms with van der Waals surface area (Å²) in [4.78, 5) is 27.1. The van der Waals surface area contributed by atoms with E-state index in [2.05, 4.69) is 41.4 Å². The SMILES string of the molecule is CN(C)Cc1cncc(-c2ccc3[nH]nc(C(=O)Nc4cnccn4)c3c2)c1. The van der Waals surface area contributed by atoms with Crippen LogP contribution in [0.25, 0.3) is 22.0 Å². The predicted octanol–water partition coefficient (Wildman–Crippen LogP) is 2.73. The van der Waals surface area contributed by atoms with E-state index in [4.69, 9.17) is 0 Å². The Hall–Kier alpha value is -3.65. The van der Waals surface area contributed by atoms with Gasteiger partial charge >= 0.3 is 0 Å². The zero-order valence-corrected chi connectivity index (χ0v) is 15.5. The van der Waals surface area contributed by atoms with Gasteiger partial charge in [0.05, 0.1) is 11.7 Å². The second-order valence-electron chi connectivity index (χ2n) is 6.70. The van der Waals surface area contributed by atoms with E-state index in [0.717, 1.165) is 34.1 Å². The summed E-state index contributed by atoms with van der Waals surface area (Å²) in [6.45, 7) is 0.806. The number of pyridine rings is 1. The third-order valence-electron chi connectivity index (χ3n) is 4.21. The Morgan fingerprint density at radius 2 is 1.96 bits per heavy atom. The molecule has 0 unspecified atom stereocenters. The molecule has 3 heterocycles. The molecule has 140 valence electrons. The summed E-state index contributed by atoms with van der Waals surface area (Å²) in [5.74, 6) is 0.0313. The maximum absolute atomic E-state index is 12.6. The number of hydrogen-bond donors (Lipinski definition) is 2. The molecule has 8 nitrogen and oxygen atoms in total. The van der Waals surface area contributed by atoms with E-state index in [1.165, 1.54) is 12.4 Å². The molecule has 0 atom stereocenters. The fraction of sp³-hybridized carbons (Fsp3) is 0.150. The minimum atomic E-state index is -0.344. The van der Waals surface area contributed by atoms with Crippen LogP contribution < -0.4 is 5.32 Å². The molecule has 8 heteroatoms. The summed E-state index contributed by atoms with van der Waals surface area (Å²) in [5.41, 5.74) is 4.17. The molecule has 2 N–H and O–H groups in total. The van der Waals surface area contributed by atoms with E-state index < -0.39 is 0 Å². The van der Waals surface area contributed by atoms with Crippen LogP contribution in [0.3, 0.4) is 0 Å². The number of fused-ring (bicyclic) bond motifs is 1. The lowest BCUT2D eigenvalue weighted by Crippen LogP contribution is -2.13. The van der Waals surface area contributed by atoms with Gasteiger partial charge in [0.25, 0.3) is 5.91 Å². The van der Waals surface area contributed by atoms with Crippen molar-refractivity contribution >= 4 is 22.6 Å². The van der Waals surface area contributed by atoms with Gasteiger partial charge in [-0.2, -0.15) is 5.10 Å². The quantitative estimate of drug-likeness (QED) is 0.558. The number of amides is 1. The molecule has 0 aliphatic rings. The fourth-order valence-electron chi connectivity index (χ4n) is 3.00. The van der Waals surface area contributed by atoms with Crippen LogP contribution in [0.1, 0.15) is 16.1 Å². The lowest BCUT2D eigenvalue weighted by Gasteiger charge is -2.10. The van der Waals surface area contributed by atoms with Gasteiger partial charge in [0, 0.05) is 42.3 Å². The van der Waals surface area contributed by atoms with Crippen molar-refractivity contribution in [3.8, 4) is 11.1 Å². The Kier molecular flexibility index (Phi) is 4.77. The number of carbonyl (C=O) groups is 1. The molecule has 1 amide bonds. The van der Waals surface area contributed by atoms with Crippen molar-refractivity contribution in [2.45, 2.75) is 6.54 Å². The summed E-state index contributed by atoms with van der Waals surface area (Å²) < 4.78 is 0. The molecule has 0 aliphatic heterocycles. The highest BCUT2D eigenvalue weighted by Crippen LogP contribution is 2.26. The molecule has 0 bridgehead atoms. The minimum Gasteiger partial charge on any atom is -0.305 e. The fourth-order valence-corrected chi connectivity index (χ4v) is 3.00. The molecule has 0 saturated heterocycles. The summed E-state index contributed by atoms with van der Waals surface area (Å²) >= 11 is 0. The molecule has 28 heavy (non-hydrogen) atoms. The van der Waals surface area contributed by atoms with Crippen LogP contribution in [0.2, 0.25) is 0 Å². The number of aromatic amines is 1. The second-order valence-corrected chi connectivity index (χ2v) is 6.70. The molecule has 0 saturated carbocycles. The summed E-state index contributed by atoms with van der Waals surface area (Å²) in [5, 5.41) is 10.5. The van der Waals surface area contributed by atoms with E-state index in [1.54, 1.807) is 6.20 Å². The number of anilines is 1. The number of rotatable bonds is 5. The van der Waals surface area contributed by atoms with Crippen LogP contribution in [0.4, 0.5) is 5.82 Å². The van der Waals surface area contributed by atoms with E-state index in [1.807, 2.05) is 44.7 Å². The van der Waals surface area contributed by atoms with Gasteiger partial charge in [-0.15, -0.1) is 0 Å². The Balaban J connectivity index is 1.67. The molecule has 0 radical (unpaired) electrons. The summed E-state index contributed by atoms with van der Waals surface area (Å²) in [6, 6.07) is 7.95. The van der Waals surface area contributed by atoms with Crippen molar-refractivity contribution in [3.63, 3.8) is 0 Å². The van der Waals surface area contributed by atoms with Crippen molar-refractivity contribution in [2.24, 2.45) is 0 Å². The average Bonchev–Trinajstić information content (AvgIpc) is 3.12. The average molecular weight is 373 g/mol. The van der Waals surface area contributed by atoms with Crippen molar-refractivity contribution < 1.29 is 4.79 Å². The monoisotopic (exact) mass is 373 g/mol. The topological polar surface area (TPSA) is 99.7 Å². The van der Waals surface area contributed by atoms with E-state index in [-0.39, 0.29) is 5.91 Å². The number of carbonyl (C=O) groups excluding carboxylic acids is 1. The van der Waals surface area contributed by atoms with Gasteiger partial charge < -0.3 is 10.2 Å². The van der Waals surface area contributed by atoms with Crippen LogP contribution in [0, 0.1) is 0 Å². The number of nitrogens with zero attached hydrogens (tertiary/aromatic N) is 5. The van der Waals surface area contributed by atoms with Crippen molar-refractivity contribution in [2.75, 3.05) is 19.4 Å². The second kappa shape index (κ2) is 7.53. The van der Waals surface area contributed by atoms with Gasteiger partial charge in [-0.25, -0.2) is 4.98 Å². The highest BCUT2D eigenvalue weighted by atomic mass is 16.2. The van der Waals surface area contributed by atoms with Crippen LogP contribution >= 0.6 is 0 Å². The Morgan fingerprint density at radius 3 is 2.75 bits per heavy atom. The first-order chi connectivity index (χ1) is 13.6. The van der Waals surface area contributed by atoms with Crippen LogP contribution in [-0.2, 0) is 6.54 Å². The minimum absolute atomic E-state index is 0.305. The predicted molar refractivity (Wildman–Crippen MR) is 107 cm³/mol. The van der Waals surface area contributed by atoms with Crippen LogP contribution in [0.5, 0.6) is 0 Å². The molecule has 0 aliphatic carbocycles.